The summed E-state index contributed by atoms with van der Waals surface area (Å²) in [5.74, 6) is 0.506. The first-order valence-electron chi connectivity index (χ1n) is 9.16. The molecular formula is C24H21BrO4. The standard InChI is InChI=1S/C24H21BrO4/c1-15-11-19(23(27)18-7-5-4-6-8-18)9-10-21(15)29-22(26)14-28-24-16(2)12-20(25)13-17(24)3/h4-13H,14H2,1-3H3. The summed E-state index contributed by atoms with van der Waals surface area (Å²) in [6.07, 6.45) is 0. The van der Waals surface area contributed by atoms with Gasteiger partial charge in [0.25, 0.3) is 0 Å². The maximum atomic E-state index is 12.5. The number of rotatable bonds is 6. The monoisotopic (exact) mass is 452 g/mol. The van der Waals surface area contributed by atoms with Crippen LogP contribution in [0.2, 0.25) is 0 Å². The number of ketones is 1. The van der Waals surface area contributed by atoms with Gasteiger partial charge in [-0.3, -0.25) is 4.79 Å². The number of benzene rings is 3. The molecular weight excluding hydrogens is 432 g/mol. The van der Waals surface area contributed by atoms with Crippen molar-refractivity contribution in [2.45, 2.75) is 20.8 Å². The summed E-state index contributed by atoms with van der Waals surface area (Å²) < 4.78 is 12.1. The van der Waals surface area contributed by atoms with Crippen LogP contribution < -0.4 is 9.47 Å². The molecule has 3 aromatic carbocycles. The van der Waals surface area contributed by atoms with Gasteiger partial charge in [-0.25, -0.2) is 4.79 Å². The first-order chi connectivity index (χ1) is 13.8. The molecule has 0 saturated carbocycles. The molecule has 0 unspecified atom stereocenters. The third-order valence-corrected chi connectivity index (χ3v) is 4.91. The van der Waals surface area contributed by atoms with Crippen molar-refractivity contribution in [1.82, 2.24) is 0 Å². The van der Waals surface area contributed by atoms with Crippen molar-refractivity contribution in [1.29, 1.82) is 0 Å². The second kappa shape index (κ2) is 9.05. The highest BCUT2D eigenvalue weighted by atomic mass is 79.9. The van der Waals surface area contributed by atoms with Crippen molar-refractivity contribution in [3.63, 3.8) is 0 Å². The Balaban J connectivity index is 1.66. The minimum atomic E-state index is -0.503. The summed E-state index contributed by atoms with van der Waals surface area (Å²) in [5.41, 5.74) is 3.74. The van der Waals surface area contributed by atoms with Crippen LogP contribution in [0.5, 0.6) is 11.5 Å². The van der Waals surface area contributed by atoms with Gasteiger partial charge in [0.05, 0.1) is 0 Å². The number of aryl methyl sites for hydroxylation is 3. The van der Waals surface area contributed by atoms with E-state index in [0.717, 1.165) is 15.6 Å². The first kappa shape index (κ1) is 20.8. The van der Waals surface area contributed by atoms with Gasteiger partial charge in [0.2, 0.25) is 0 Å². The van der Waals surface area contributed by atoms with E-state index >= 15 is 0 Å². The fourth-order valence-electron chi connectivity index (χ4n) is 3.07. The number of ether oxygens (including phenoxy) is 2. The lowest BCUT2D eigenvalue weighted by atomic mass is 10.0. The predicted molar refractivity (Wildman–Crippen MR) is 116 cm³/mol. The number of hydrogen-bond acceptors (Lipinski definition) is 4. The SMILES string of the molecule is Cc1cc(C(=O)c2ccccc2)ccc1OC(=O)COc1c(C)cc(Br)cc1C. The molecule has 0 aromatic heterocycles. The molecule has 0 bridgehead atoms. The molecule has 0 radical (unpaired) electrons. The molecule has 3 aromatic rings. The van der Waals surface area contributed by atoms with Crippen LogP contribution in [-0.2, 0) is 4.79 Å². The summed E-state index contributed by atoms with van der Waals surface area (Å²) in [6.45, 7) is 5.44. The van der Waals surface area contributed by atoms with Gasteiger partial charge < -0.3 is 9.47 Å². The highest BCUT2D eigenvalue weighted by molar-refractivity contribution is 9.10. The Bertz CT molecular complexity index is 1030. The average molecular weight is 453 g/mol. The Morgan fingerprint density at radius 1 is 0.828 bits per heavy atom. The Morgan fingerprint density at radius 3 is 2.10 bits per heavy atom. The lowest BCUT2D eigenvalue weighted by molar-refractivity contribution is -0.136. The largest absolute Gasteiger partial charge is 0.481 e. The van der Waals surface area contributed by atoms with Gasteiger partial charge >= 0.3 is 5.97 Å². The van der Waals surface area contributed by atoms with Gasteiger partial charge in [0.1, 0.15) is 11.5 Å². The van der Waals surface area contributed by atoms with E-state index in [1.807, 2.05) is 44.2 Å². The average Bonchev–Trinajstić information content (AvgIpc) is 2.69. The Hall–Kier alpha value is -2.92. The zero-order valence-electron chi connectivity index (χ0n) is 16.5. The molecule has 0 aliphatic rings. The molecule has 0 fully saturated rings. The fraction of sp³-hybridized carbons (Fsp3) is 0.167. The number of esters is 1. The minimum Gasteiger partial charge on any atom is -0.481 e. The van der Waals surface area contributed by atoms with Gasteiger partial charge in [-0.15, -0.1) is 0 Å². The van der Waals surface area contributed by atoms with Crippen molar-refractivity contribution in [3.05, 3.63) is 93.0 Å². The second-order valence-electron chi connectivity index (χ2n) is 6.81. The van der Waals surface area contributed by atoms with Gasteiger partial charge in [-0.1, -0.05) is 46.3 Å². The van der Waals surface area contributed by atoms with Crippen LogP contribution in [0.3, 0.4) is 0 Å². The quantitative estimate of drug-likeness (QED) is 0.278. The summed E-state index contributed by atoms with van der Waals surface area (Å²) in [4.78, 5) is 24.8. The van der Waals surface area contributed by atoms with E-state index in [1.165, 1.54) is 0 Å². The third kappa shape index (κ3) is 5.12. The molecule has 0 amide bonds. The van der Waals surface area contributed by atoms with E-state index < -0.39 is 5.97 Å². The van der Waals surface area contributed by atoms with Crippen LogP contribution in [0, 0.1) is 20.8 Å². The molecule has 0 saturated heterocycles. The lowest BCUT2D eigenvalue weighted by Crippen LogP contribution is -2.19. The summed E-state index contributed by atoms with van der Waals surface area (Å²) in [5, 5.41) is 0. The fourth-order valence-corrected chi connectivity index (χ4v) is 3.76. The van der Waals surface area contributed by atoms with Crippen LogP contribution in [0.4, 0.5) is 0 Å². The van der Waals surface area contributed by atoms with Gasteiger partial charge in [-0.2, -0.15) is 0 Å². The van der Waals surface area contributed by atoms with Crippen LogP contribution >= 0.6 is 15.9 Å². The first-order valence-corrected chi connectivity index (χ1v) is 9.95. The van der Waals surface area contributed by atoms with E-state index in [1.54, 1.807) is 37.3 Å². The van der Waals surface area contributed by atoms with Gasteiger partial charge in [0.15, 0.2) is 12.4 Å². The minimum absolute atomic E-state index is 0.0731. The molecule has 3 rings (SSSR count). The predicted octanol–water partition coefficient (Wildman–Crippen LogP) is 5.59. The molecule has 29 heavy (non-hydrogen) atoms. The molecule has 0 heterocycles. The summed E-state index contributed by atoms with van der Waals surface area (Å²) in [7, 11) is 0. The number of hydrogen-bond donors (Lipinski definition) is 0. The molecule has 148 valence electrons. The third-order valence-electron chi connectivity index (χ3n) is 4.46. The highest BCUT2D eigenvalue weighted by Crippen LogP contribution is 2.27. The Labute approximate surface area is 178 Å². The number of carbonyl (C=O) groups is 2. The van der Waals surface area contributed by atoms with Crippen molar-refractivity contribution in [3.8, 4) is 11.5 Å². The van der Waals surface area contributed by atoms with Crippen LogP contribution in [0.25, 0.3) is 0 Å². The van der Waals surface area contributed by atoms with Crippen molar-refractivity contribution < 1.29 is 19.1 Å². The molecule has 0 atom stereocenters. The molecule has 5 heteroatoms. The maximum Gasteiger partial charge on any atom is 0.349 e. The molecule has 4 nitrogen and oxygen atoms in total. The number of carbonyl (C=O) groups excluding carboxylic acids is 2. The molecule has 0 N–H and O–H groups in total. The van der Waals surface area contributed by atoms with Gasteiger partial charge in [-0.05, 0) is 67.8 Å². The second-order valence-corrected chi connectivity index (χ2v) is 7.72. The molecule has 0 spiro atoms. The van der Waals surface area contributed by atoms with Gasteiger partial charge in [0, 0.05) is 15.6 Å². The van der Waals surface area contributed by atoms with Crippen LogP contribution in [0.15, 0.2) is 65.1 Å². The lowest BCUT2D eigenvalue weighted by Gasteiger charge is -2.13. The summed E-state index contributed by atoms with van der Waals surface area (Å²) >= 11 is 3.44. The maximum absolute atomic E-state index is 12.5. The Morgan fingerprint density at radius 2 is 1.48 bits per heavy atom. The molecule has 0 aliphatic carbocycles. The smallest absolute Gasteiger partial charge is 0.349 e. The van der Waals surface area contributed by atoms with Crippen molar-refractivity contribution in [2.75, 3.05) is 6.61 Å². The van der Waals surface area contributed by atoms with E-state index in [2.05, 4.69) is 15.9 Å². The highest BCUT2D eigenvalue weighted by Gasteiger charge is 2.14. The van der Waals surface area contributed by atoms with Crippen LogP contribution in [-0.4, -0.2) is 18.4 Å². The van der Waals surface area contributed by atoms with E-state index in [9.17, 15) is 9.59 Å². The van der Waals surface area contributed by atoms with Crippen molar-refractivity contribution >= 4 is 27.7 Å². The Kier molecular flexibility index (Phi) is 6.49. The van der Waals surface area contributed by atoms with Crippen molar-refractivity contribution in [2.24, 2.45) is 0 Å². The summed E-state index contributed by atoms with van der Waals surface area (Å²) in [6, 6.07) is 17.9. The van der Waals surface area contributed by atoms with E-state index in [4.69, 9.17) is 9.47 Å². The molecule has 0 aliphatic heterocycles. The van der Waals surface area contributed by atoms with E-state index in [-0.39, 0.29) is 12.4 Å². The topological polar surface area (TPSA) is 52.6 Å². The zero-order chi connectivity index (χ0) is 21.0. The number of halogens is 1. The zero-order valence-corrected chi connectivity index (χ0v) is 18.1. The van der Waals surface area contributed by atoms with Crippen LogP contribution in [0.1, 0.15) is 32.6 Å². The normalized spacial score (nSPS) is 10.5. The van der Waals surface area contributed by atoms with E-state index in [0.29, 0.717) is 28.2 Å².